The lowest BCUT2D eigenvalue weighted by atomic mass is 10.1. The SMILES string of the molecule is CNC1CCc2c(OCc3ccc(F)cc3Cl)cccc21. The van der Waals surface area contributed by atoms with E-state index in [2.05, 4.69) is 11.4 Å². The van der Waals surface area contributed by atoms with Crippen LogP contribution in [0.2, 0.25) is 5.02 Å². The highest BCUT2D eigenvalue weighted by Crippen LogP contribution is 2.37. The van der Waals surface area contributed by atoms with E-state index in [1.54, 1.807) is 6.07 Å². The van der Waals surface area contributed by atoms with E-state index in [1.165, 1.54) is 23.3 Å². The molecule has 0 bridgehead atoms. The Bertz CT molecular complexity index is 659. The molecule has 110 valence electrons. The Morgan fingerprint density at radius 2 is 2.19 bits per heavy atom. The molecule has 1 aliphatic rings. The summed E-state index contributed by atoms with van der Waals surface area (Å²) in [6, 6.07) is 10.9. The van der Waals surface area contributed by atoms with Gasteiger partial charge in [0.15, 0.2) is 0 Å². The lowest BCUT2D eigenvalue weighted by molar-refractivity contribution is 0.303. The molecule has 0 aromatic heterocycles. The maximum Gasteiger partial charge on any atom is 0.124 e. The molecule has 0 fully saturated rings. The molecule has 21 heavy (non-hydrogen) atoms. The van der Waals surface area contributed by atoms with Crippen LogP contribution in [0, 0.1) is 5.82 Å². The predicted molar refractivity (Wildman–Crippen MR) is 82.3 cm³/mol. The lowest BCUT2D eigenvalue weighted by Crippen LogP contribution is -2.12. The minimum Gasteiger partial charge on any atom is -0.489 e. The molecule has 1 N–H and O–H groups in total. The third-order valence-corrected chi connectivity index (χ3v) is 4.33. The van der Waals surface area contributed by atoms with Crippen LogP contribution in [0.15, 0.2) is 36.4 Å². The minimum absolute atomic E-state index is 0.332. The van der Waals surface area contributed by atoms with E-state index in [0.717, 1.165) is 24.2 Å². The predicted octanol–water partition coefficient (Wildman–Crippen LogP) is 4.26. The highest BCUT2D eigenvalue weighted by Gasteiger charge is 2.23. The summed E-state index contributed by atoms with van der Waals surface area (Å²) in [5, 5.41) is 3.72. The van der Waals surface area contributed by atoms with Crippen LogP contribution < -0.4 is 10.1 Å². The standard InChI is InChI=1S/C17H17ClFNO/c1-20-16-8-7-14-13(16)3-2-4-17(14)21-10-11-5-6-12(19)9-15(11)18/h2-6,9,16,20H,7-8,10H2,1H3. The number of nitrogens with one attached hydrogen (secondary N) is 1. The molecule has 2 nitrogen and oxygen atoms in total. The first-order valence-corrected chi connectivity index (χ1v) is 7.42. The van der Waals surface area contributed by atoms with E-state index in [4.69, 9.17) is 16.3 Å². The van der Waals surface area contributed by atoms with Gasteiger partial charge in [-0.15, -0.1) is 0 Å². The maximum absolute atomic E-state index is 13.0. The van der Waals surface area contributed by atoms with Crippen LogP contribution >= 0.6 is 11.6 Å². The summed E-state index contributed by atoms with van der Waals surface area (Å²) >= 11 is 6.03. The van der Waals surface area contributed by atoms with E-state index in [1.807, 2.05) is 19.2 Å². The van der Waals surface area contributed by atoms with Crippen molar-refractivity contribution in [3.05, 3.63) is 63.9 Å². The van der Waals surface area contributed by atoms with E-state index in [-0.39, 0.29) is 5.82 Å². The van der Waals surface area contributed by atoms with E-state index in [0.29, 0.717) is 17.7 Å². The molecule has 1 unspecified atom stereocenters. The van der Waals surface area contributed by atoms with Gasteiger partial charge in [-0.1, -0.05) is 29.8 Å². The van der Waals surface area contributed by atoms with Crippen molar-refractivity contribution < 1.29 is 9.13 Å². The number of benzene rings is 2. The third kappa shape index (κ3) is 2.89. The van der Waals surface area contributed by atoms with E-state index < -0.39 is 0 Å². The van der Waals surface area contributed by atoms with Crippen LogP contribution in [0.3, 0.4) is 0 Å². The molecule has 1 atom stereocenters. The number of hydrogen-bond acceptors (Lipinski definition) is 2. The van der Waals surface area contributed by atoms with Gasteiger partial charge >= 0.3 is 0 Å². The summed E-state index contributed by atoms with van der Waals surface area (Å²) in [7, 11) is 1.98. The summed E-state index contributed by atoms with van der Waals surface area (Å²) < 4.78 is 19.0. The third-order valence-electron chi connectivity index (χ3n) is 3.97. The fourth-order valence-corrected chi connectivity index (χ4v) is 3.07. The minimum atomic E-state index is -0.332. The number of hydrogen-bond donors (Lipinski definition) is 1. The number of halogens is 2. The summed E-state index contributed by atoms with van der Waals surface area (Å²) in [5.74, 6) is 0.562. The number of fused-ring (bicyclic) bond motifs is 1. The van der Waals surface area contributed by atoms with Crippen molar-refractivity contribution in [3.63, 3.8) is 0 Å². The Labute approximate surface area is 128 Å². The van der Waals surface area contributed by atoms with E-state index >= 15 is 0 Å². The van der Waals surface area contributed by atoms with Crippen molar-refractivity contribution >= 4 is 11.6 Å². The fourth-order valence-electron chi connectivity index (χ4n) is 2.85. The molecule has 0 saturated carbocycles. The van der Waals surface area contributed by atoms with Gasteiger partial charge in [0.2, 0.25) is 0 Å². The number of ether oxygens (including phenoxy) is 1. The van der Waals surface area contributed by atoms with Gasteiger partial charge in [-0.2, -0.15) is 0 Å². The van der Waals surface area contributed by atoms with Gasteiger partial charge in [0.1, 0.15) is 18.2 Å². The summed E-state index contributed by atoms with van der Waals surface area (Å²) in [6.45, 7) is 0.347. The zero-order valence-electron chi connectivity index (χ0n) is 11.8. The zero-order chi connectivity index (χ0) is 14.8. The van der Waals surface area contributed by atoms with Gasteiger partial charge in [0.05, 0.1) is 5.02 Å². The summed E-state index contributed by atoms with van der Waals surface area (Å²) in [6.07, 6.45) is 2.09. The molecule has 2 aromatic carbocycles. The van der Waals surface area contributed by atoms with Crippen molar-refractivity contribution in [2.24, 2.45) is 0 Å². The van der Waals surface area contributed by atoms with Crippen molar-refractivity contribution in [3.8, 4) is 5.75 Å². The normalized spacial score (nSPS) is 16.8. The van der Waals surface area contributed by atoms with Crippen LogP contribution in [0.4, 0.5) is 4.39 Å². The molecule has 4 heteroatoms. The zero-order valence-corrected chi connectivity index (χ0v) is 12.6. The Kier molecular flexibility index (Phi) is 4.13. The molecule has 3 rings (SSSR count). The molecule has 0 amide bonds. The Morgan fingerprint density at radius 1 is 1.33 bits per heavy atom. The molecule has 0 aliphatic heterocycles. The molecular weight excluding hydrogens is 289 g/mol. The first-order chi connectivity index (χ1) is 10.2. The Hall–Kier alpha value is -1.58. The van der Waals surface area contributed by atoms with Crippen molar-refractivity contribution in [1.82, 2.24) is 5.32 Å². The molecule has 0 heterocycles. The molecule has 0 saturated heterocycles. The second-order valence-electron chi connectivity index (χ2n) is 5.23. The summed E-state index contributed by atoms with van der Waals surface area (Å²) in [5.41, 5.74) is 3.36. The molecule has 0 radical (unpaired) electrons. The average molecular weight is 306 g/mol. The number of rotatable bonds is 4. The van der Waals surface area contributed by atoms with Gasteiger partial charge in [0, 0.05) is 11.6 Å². The molecule has 0 spiro atoms. The van der Waals surface area contributed by atoms with Gasteiger partial charge in [0.25, 0.3) is 0 Å². The van der Waals surface area contributed by atoms with Crippen LogP contribution in [-0.2, 0) is 13.0 Å². The Morgan fingerprint density at radius 3 is 2.95 bits per heavy atom. The van der Waals surface area contributed by atoms with Crippen LogP contribution in [0.1, 0.15) is 29.2 Å². The van der Waals surface area contributed by atoms with Crippen LogP contribution in [0.25, 0.3) is 0 Å². The lowest BCUT2D eigenvalue weighted by Gasteiger charge is -2.13. The maximum atomic E-state index is 13.0. The molecule has 1 aliphatic carbocycles. The van der Waals surface area contributed by atoms with Gasteiger partial charge in [-0.3, -0.25) is 0 Å². The second kappa shape index (κ2) is 6.04. The topological polar surface area (TPSA) is 21.3 Å². The average Bonchev–Trinajstić information content (AvgIpc) is 2.90. The molecular formula is C17H17ClFNO. The highest BCUT2D eigenvalue weighted by atomic mass is 35.5. The first-order valence-electron chi connectivity index (χ1n) is 7.05. The highest BCUT2D eigenvalue weighted by molar-refractivity contribution is 6.31. The van der Waals surface area contributed by atoms with Crippen molar-refractivity contribution in [2.75, 3.05) is 7.05 Å². The quantitative estimate of drug-likeness (QED) is 0.911. The monoisotopic (exact) mass is 305 g/mol. The van der Waals surface area contributed by atoms with Crippen LogP contribution in [-0.4, -0.2) is 7.05 Å². The van der Waals surface area contributed by atoms with Gasteiger partial charge in [-0.25, -0.2) is 4.39 Å². The van der Waals surface area contributed by atoms with Crippen molar-refractivity contribution in [1.29, 1.82) is 0 Å². The fraction of sp³-hybridized carbons (Fsp3) is 0.294. The van der Waals surface area contributed by atoms with Gasteiger partial charge < -0.3 is 10.1 Å². The second-order valence-corrected chi connectivity index (χ2v) is 5.64. The van der Waals surface area contributed by atoms with E-state index in [9.17, 15) is 4.39 Å². The van der Waals surface area contributed by atoms with Gasteiger partial charge in [-0.05, 0) is 49.2 Å². The van der Waals surface area contributed by atoms with Crippen LogP contribution in [0.5, 0.6) is 5.75 Å². The first kappa shape index (κ1) is 14.4. The Balaban J connectivity index is 1.79. The smallest absolute Gasteiger partial charge is 0.124 e. The molecule has 2 aromatic rings. The van der Waals surface area contributed by atoms with Crippen molar-refractivity contribution in [2.45, 2.75) is 25.5 Å². The largest absolute Gasteiger partial charge is 0.489 e. The summed E-state index contributed by atoms with van der Waals surface area (Å²) in [4.78, 5) is 0.